The van der Waals surface area contributed by atoms with Gasteiger partial charge in [0.15, 0.2) is 0 Å². The number of anilines is 1. The normalized spacial score (nSPS) is 14.7. The van der Waals surface area contributed by atoms with Crippen molar-refractivity contribution in [3.8, 4) is 0 Å². The number of rotatable bonds is 7. The van der Waals surface area contributed by atoms with Crippen LogP contribution in [0.25, 0.3) is 0 Å². The van der Waals surface area contributed by atoms with Gasteiger partial charge in [0.25, 0.3) is 5.91 Å². The van der Waals surface area contributed by atoms with Gasteiger partial charge in [-0.15, -0.1) is 0 Å². The van der Waals surface area contributed by atoms with E-state index in [2.05, 4.69) is 22.2 Å². The lowest BCUT2D eigenvalue weighted by molar-refractivity contribution is -0.119. The SMILES string of the molecule is CCCCCNc1cc(C(=O)N2CCN(C=O)CC2)nc(C)n1. The van der Waals surface area contributed by atoms with Gasteiger partial charge in [0.2, 0.25) is 6.41 Å². The number of hydrogen-bond donors (Lipinski definition) is 1. The zero-order valence-corrected chi connectivity index (χ0v) is 13.9. The minimum absolute atomic E-state index is 0.0994. The van der Waals surface area contributed by atoms with Crippen molar-refractivity contribution in [2.75, 3.05) is 38.0 Å². The highest BCUT2D eigenvalue weighted by Crippen LogP contribution is 2.11. The van der Waals surface area contributed by atoms with Crippen LogP contribution in [0.15, 0.2) is 6.07 Å². The van der Waals surface area contributed by atoms with Gasteiger partial charge in [-0.25, -0.2) is 9.97 Å². The number of nitrogens with zero attached hydrogens (tertiary/aromatic N) is 4. The van der Waals surface area contributed by atoms with E-state index >= 15 is 0 Å². The lowest BCUT2D eigenvalue weighted by atomic mass is 10.2. The second-order valence-corrected chi connectivity index (χ2v) is 5.75. The highest BCUT2D eigenvalue weighted by atomic mass is 16.2. The monoisotopic (exact) mass is 319 g/mol. The minimum atomic E-state index is -0.0994. The van der Waals surface area contributed by atoms with Crippen molar-refractivity contribution in [1.82, 2.24) is 19.8 Å². The van der Waals surface area contributed by atoms with Crippen molar-refractivity contribution < 1.29 is 9.59 Å². The van der Waals surface area contributed by atoms with Gasteiger partial charge in [-0.1, -0.05) is 19.8 Å². The molecule has 7 heteroatoms. The maximum atomic E-state index is 12.6. The maximum Gasteiger partial charge on any atom is 0.272 e. The number of carbonyl (C=O) groups excluding carboxylic acids is 2. The van der Waals surface area contributed by atoms with Gasteiger partial charge < -0.3 is 15.1 Å². The predicted octanol–water partition coefficient (Wildman–Crippen LogP) is 1.30. The Hall–Kier alpha value is -2.18. The third-order valence-corrected chi connectivity index (χ3v) is 3.89. The number of piperazine rings is 1. The minimum Gasteiger partial charge on any atom is -0.370 e. The first-order valence-corrected chi connectivity index (χ1v) is 8.22. The summed E-state index contributed by atoms with van der Waals surface area (Å²) in [5, 5.41) is 3.26. The zero-order chi connectivity index (χ0) is 16.7. The summed E-state index contributed by atoms with van der Waals surface area (Å²) in [6.45, 7) is 7.02. The Labute approximate surface area is 137 Å². The fourth-order valence-electron chi connectivity index (χ4n) is 2.55. The Morgan fingerprint density at radius 3 is 2.65 bits per heavy atom. The highest BCUT2D eigenvalue weighted by molar-refractivity contribution is 5.93. The van der Waals surface area contributed by atoms with Crippen LogP contribution in [0.3, 0.4) is 0 Å². The number of aryl methyl sites for hydroxylation is 1. The van der Waals surface area contributed by atoms with E-state index in [9.17, 15) is 9.59 Å². The molecule has 0 aliphatic carbocycles. The Morgan fingerprint density at radius 2 is 2.00 bits per heavy atom. The highest BCUT2D eigenvalue weighted by Gasteiger charge is 2.22. The number of aromatic nitrogens is 2. The van der Waals surface area contributed by atoms with Crippen molar-refractivity contribution in [1.29, 1.82) is 0 Å². The van der Waals surface area contributed by atoms with Crippen LogP contribution in [0, 0.1) is 6.92 Å². The van der Waals surface area contributed by atoms with Crippen LogP contribution < -0.4 is 5.32 Å². The molecule has 126 valence electrons. The molecule has 0 atom stereocenters. The third-order valence-electron chi connectivity index (χ3n) is 3.89. The van der Waals surface area contributed by atoms with Crippen molar-refractivity contribution in [3.05, 3.63) is 17.6 Å². The first kappa shape index (κ1) is 17.2. The number of carbonyl (C=O) groups is 2. The van der Waals surface area contributed by atoms with Gasteiger partial charge in [-0.2, -0.15) is 0 Å². The summed E-state index contributed by atoms with van der Waals surface area (Å²) in [5.74, 6) is 1.18. The Morgan fingerprint density at radius 1 is 1.26 bits per heavy atom. The molecule has 1 aromatic heterocycles. The molecular weight excluding hydrogens is 294 g/mol. The topological polar surface area (TPSA) is 78.4 Å². The van der Waals surface area contributed by atoms with E-state index in [0.717, 1.165) is 19.4 Å². The molecule has 7 nitrogen and oxygen atoms in total. The molecule has 0 unspecified atom stereocenters. The molecule has 23 heavy (non-hydrogen) atoms. The standard InChI is InChI=1S/C16H25N5O2/c1-3-4-5-6-17-15-11-14(18-13(2)19-15)16(23)21-9-7-20(12-22)8-10-21/h11-12H,3-10H2,1-2H3,(H,17,18,19). The van der Waals surface area contributed by atoms with E-state index in [-0.39, 0.29) is 5.91 Å². The Bertz CT molecular complexity index is 541. The molecule has 2 heterocycles. The van der Waals surface area contributed by atoms with Gasteiger partial charge in [-0.3, -0.25) is 9.59 Å². The Balaban J connectivity index is 1.99. The van der Waals surface area contributed by atoms with E-state index in [1.807, 2.05) is 0 Å². The van der Waals surface area contributed by atoms with Gasteiger partial charge in [0.1, 0.15) is 17.3 Å². The van der Waals surface area contributed by atoms with Crippen molar-refractivity contribution >= 4 is 18.1 Å². The van der Waals surface area contributed by atoms with Crippen LogP contribution in [0.5, 0.6) is 0 Å². The van der Waals surface area contributed by atoms with Crippen LogP contribution in [0.2, 0.25) is 0 Å². The molecule has 1 aromatic rings. The molecule has 1 fully saturated rings. The summed E-state index contributed by atoms with van der Waals surface area (Å²) in [7, 11) is 0. The van der Waals surface area contributed by atoms with E-state index < -0.39 is 0 Å². The zero-order valence-electron chi connectivity index (χ0n) is 13.9. The number of nitrogens with one attached hydrogen (secondary N) is 1. The van der Waals surface area contributed by atoms with E-state index in [1.54, 1.807) is 22.8 Å². The largest absolute Gasteiger partial charge is 0.370 e. The van der Waals surface area contributed by atoms with E-state index in [1.165, 1.54) is 12.8 Å². The average Bonchev–Trinajstić information content (AvgIpc) is 2.58. The maximum absolute atomic E-state index is 12.6. The molecule has 1 N–H and O–H groups in total. The molecule has 0 aromatic carbocycles. The fraction of sp³-hybridized carbons (Fsp3) is 0.625. The van der Waals surface area contributed by atoms with Gasteiger partial charge in [-0.05, 0) is 13.3 Å². The molecular formula is C16H25N5O2. The van der Waals surface area contributed by atoms with Crippen molar-refractivity contribution in [3.63, 3.8) is 0 Å². The van der Waals surface area contributed by atoms with E-state index in [4.69, 9.17) is 0 Å². The molecule has 2 rings (SSSR count). The molecule has 1 aliphatic heterocycles. The second kappa shape index (κ2) is 8.45. The summed E-state index contributed by atoms with van der Waals surface area (Å²) < 4.78 is 0. The smallest absolute Gasteiger partial charge is 0.272 e. The van der Waals surface area contributed by atoms with Crippen molar-refractivity contribution in [2.24, 2.45) is 0 Å². The molecule has 1 saturated heterocycles. The predicted molar refractivity (Wildman–Crippen MR) is 88.3 cm³/mol. The van der Waals surface area contributed by atoms with Gasteiger partial charge >= 0.3 is 0 Å². The Kier molecular flexibility index (Phi) is 6.31. The van der Waals surface area contributed by atoms with Gasteiger partial charge in [0.05, 0.1) is 0 Å². The average molecular weight is 319 g/mol. The first-order chi connectivity index (χ1) is 11.1. The molecule has 0 spiro atoms. The lowest BCUT2D eigenvalue weighted by Gasteiger charge is -2.32. The summed E-state index contributed by atoms with van der Waals surface area (Å²) in [4.78, 5) is 35.3. The number of amides is 2. The molecule has 2 amide bonds. The van der Waals surface area contributed by atoms with Crippen LogP contribution in [-0.2, 0) is 4.79 Å². The first-order valence-electron chi connectivity index (χ1n) is 8.22. The molecule has 1 aliphatic rings. The summed E-state index contributed by atoms with van der Waals surface area (Å²) in [5.41, 5.74) is 0.412. The summed E-state index contributed by atoms with van der Waals surface area (Å²) in [6.07, 6.45) is 4.25. The third kappa shape index (κ3) is 4.91. The molecule has 0 radical (unpaired) electrons. The molecule has 0 saturated carbocycles. The van der Waals surface area contributed by atoms with Crippen LogP contribution in [0.1, 0.15) is 42.5 Å². The quantitative estimate of drug-likeness (QED) is 0.605. The van der Waals surface area contributed by atoms with Crippen molar-refractivity contribution in [2.45, 2.75) is 33.1 Å². The van der Waals surface area contributed by atoms with Crippen LogP contribution in [-0.4, -0.2) is 64.8 Å². The van der Waals surface area contributed by atoms with Crippen LogP contribution >= 0.6 is 0 Å². The number of hydrogen-bond acceptors (Lipinski definition) is 5. The molecule has 0 bridgehead atoms. The van der Waals surface area contributed by atoms with Crippen LogP contribution in [0.4, 0.5) is 5.82 Å². The number of unbranched alkanes of at least 4 members (excludes halogenated alkanes) is 2. The lowest BCUT2D eigenvalue weighted by Crippen LogP contribution is -2.48. The second-order valence-electron chi connectivity index (χ2n) is 5.75. The van der Waals surface area contributed by atoms with Gasteiger partial charge in [0, 0.05) is 38.8 Å². The summed E-state index contributed by atoms with van der Waals surface area (Å²) >= 11 is 0. The fourth-order valence-corrected chi connectivity index (χ4v) is 2.55. The van der Waals surface area contributed by atoms with E-state index in [0.29, 0.717) is 43.5 Å². The summed E-state index contributed by atoms with van der Waals surface area (Å²) in [6, 6.07) is 1.72.